The number of hydrogen-bond acceptors (Lipinski definition) is 7. The van der Waals surface area contributed by atoms with Crippen LogP contribution in [0.25, 0.3) is 0 Å². The molecule has 2 aromatic rings. The van der Waals surface area contributed by atoms with E-state index in [1.807, 2.05) is 32.9 Å². The van der Waals surface area contributed by atoms with Crippen molar-refractivity contribution < 1.29 is 19.1 Å². The van der Waals surface area contributed by atoms with Gasteiger partial charge < -0.3 is 9.64 Å². The van der Waals surface area contributed by atoms with Crippen LogP contribution in [0.1, 0.15) is 43.0 Å². The number of imide groups is 1. The number of thiazole rings is 1. The van der Waals surface area contributed by atoms with Gasteiger partial charge in [0, 0.05) is 63.9 Å². The second-order valence-electron chi connectivity index (χ2n) is 10.2. The zero-order chi connectivity index (χ0) is 25.0. The molecule has 1 aromatic heterocycles. The van der Waals surface area contributed by atoms with Crippen molar-refractivity contribution >= 4 is 29.2 Å². The molecule has 2 fully saturated rings. The predicted molar refractivity (Wildman–Crippen MR) is 134 cm³/mol. The highest BCUT2D eigenvalue weighted by atomic mass is 32.1. The van der Waals surface area contributed by atoms with E-state index < -0.39 is 0 Å². The van der Waals surface area contributed by atoms with Crippen LogP contribution in [0.4, 0.5) is 4.79 Å². The van der Waals surface area contributed by atoms with Crippen LogP contribution in [0.5, 0.6) is 5.75 Å². The smallest absolute Gasteiger partial charge is 0.410 e. The number of likely N-dealkylation sites (tertiary alicyclic amines) is 1. The molecule has 2 aliphatic rings. The molecule has 0 atom stereocenters. The van der Waals surface area contributed by atoms with E-state index in [0.717, 1.165) is 42.3 Å². The zero-order valence-electron chi connectivity index (χ0n) is 20.8. The maximum Gasteiger partial charge on any atom is 0.415 e. The third-order valence-electron chi connectivity index (χ3n) is 6.60. The molecule has 1 aromatic carbocycles. The van der Waals surface area contributed by atoms with Crippen molar-refractivity contribution in [1.29, 1.82) is 0 Å². The summed E-state index contributed by atoms with van der Waals surface area (Å²) in [4.78, 5) is 47.2. The number of carbonyl (C=O) groups excluding carboxylic acids is 3. The molecule has 3 heterocycles. The first-order valence-corrected chi connectivity index (χ1v) is 13.1. The summed E-state index contributed by atoms with van der Waals surface area (Å²) in [6.45, 7) is 10.2. The molecule has 0 N–H and O–H groups in total. The molecule has 0 saturated carbocycles. The molecule has 9 heteroatoms. The molecule has 188 valence electrons. The first-order valence-electron chi connectivity index (χ1n) is 12.2. The lowest BCUT2D eigenvalue weighted by atomic mass is 9.81. The highest BCUT2D eigenvalue weighted by Crippen LogP contribution is 2.31. The van der Waals surface area contributed by atoms with Gasteiger partial charge >= 0.3 is 6.09 Å². The fourth-order valence-corrected chi connectivity index (χ4v) is 5.19. The van der Waals surface area contributed by atoms with Crippen molar-refractivity contribution in [3.05, 3.63) is 45.9 Å². The lowest BCUT2D eigenvalue weighted by Gasteiger charge is -2.34. The van der Waals surface area contributed by atoms with Crippen molar-refractivity contribution in [1.82, 2.24) is 19.7 Å². The van der Waals surface area contributed by atoms with Gasteiger partial charge in [-0.25, -0.2) is 9.78 Å². The number of amides is 3. The molecule has 4 rings (SSSR count). The average molecular weight is 499 g/mol. The predicted octanol–water partition coefficient (Wildman–Crippen LogP) is 3.53. The van der Waals surface area contributed by atoms with Crippen LogP contribution in [0.2, 0.25) is 0 Å². The minimum atomic E-state index is -0.334. The summed E-state index contributed by atoms with van der Waals surface area (Å²) < 4.78 is 5.57. The van der Waals surface area contributed by atoms with Crippen LogP contribution < -0.4 is 4.74 Å². The van der Waals surface area contributed by atoms with E-state index in [0.29, 0.717) is 44.6 Å². The Bertz CT molecular complexity index is 1040. The maximum atomic E-state index is 12.6. The summed E-state index contributed by atoms with van der Waals surface area (Å²) in [6.07, 6.45) is 1.97. The molecule has 0 aliphatic carbocycles. The molecule has 0 unspecified atom stereocenters. The van der Waals surface area contributed by atoms with Crippen LogP contribution >= 0.6 is 11.3 Å². The highest BCUT2D eigenvalue weighted by molar-refractivity contribution is 7.09. The van der Waals surface area contributed by atoms with Crippen molar-refractivity contribution in [3.8, 4) is 5.75 Å². The average Bonchev–Trinajstić information content (AvgIpc) is 3.23. The lowest BCUT2D eigenvalue weighted by molar-refractivity contribution is -0.152. The van der Waals surface area contributed by atoms with Gasteiger partial charge in [0.1, 0.15) is 5.75 Å². The Hall–Kier alpha value is -2.78. The number of ether oxygens (including phenoxy) is 1. The first-order chi connectivity index (χ1) is 16.7. The van der Waals surface area contributed by atoms with Gasteiger partial charge in [0.2, 0.25) is 11.8 Å². The van der Waals surface area contributed by atoms with Crippen LogP contribution in [-0.2, 0) is 22.4 Å². The van der Waals surface area contributed by atoms with Crippen molar-refractivity contribution in [2.75, 3.05) is 39.3 Å². The van der Waals surface area contributed by atoms with Gasteiger partial charge in [0.25, 0.3) is 0 Å². The van der Waals surface area contributed by atoms with Gasteiger partial charge in [-0.2, -0.15) is 0 Å². The molecular weight excluding hydrogens is 464 g/mol. The zero-order valence-corrected chi connectivity index (χ0v) is 21.6. The normalized spacial score (nSPS) is 18.7. The number of piperazine rings is 1. The van der Waals surface area contributed by atoms with Gasteiger partial charge in [-0.15, -0.1) is 11.3 Å². The van der Waals surface area contributed by atoms with Gasteiger partial charge in [-0.1, -0.05) is 26.0 Å². The van der Waals surface area contributed by atoms with Gasteiger partial charge in [-0.3, -0.25) is 19.4 Å². The third kappa shape index (κ3) is 6.89. The van der Waals surface area contributed by atoms with E-state index in [2.05, 4.69) is 15.3 Å². The second-order valence-corrected chi connectivity index (χ2v) is 11.2. The minimum absolute atomic E-state index is 0.102. The lowest BCUT2D eigenvalue weighted by Crippen LogP contribution is -2.49. The number of carbonyl (C=O) groups is 3. The summed E-state index contributed by atoms with van der Waals surface area (Å²) in [6, 6.07) is 7.29. The van der Waals surface area contributed by atoms with E-state index in [-0.39, 0.29) is 23.3 Å². The van der Waals surface area contributed by atoms with Crippen LogP contribution in [0.15, 0.2) is 29.6 Å². The van der Waals surface area contributed by atoms with Crippen molar-refractivity contribution in [3.63, 3.8) is 0 Å². The molecule has 2 saturated heterocycles. The number of nitrogens with zero attached hydrogens (tertiary/aromatic N) is 4. The Morgan fingerprint density at radius 2 is 1.66 bits per heavy atom. The largest absolute Gasteiger partial charge is 0.415 e. The number of piperidine rings is 1. The molecule has 3 amide bonds. The van der Waals surface area contributed by atoms with Gasteiger partial charge in [-0.05, 0) is 36.5 Å². The summed E-state index contributed by atoms with van der Waals surface area (Å²) in [7, 11) is 0. The Labute approximate surface area is 210 Å². The second kappa shape index (κ2) is 10.9. The van der Waals surface area contributed by atoms with Crippen LogP contribution in [0.3, 0.4) is 0 Å². The highest BCUT2D eigenvalue weighted by Gasteiger charge is 2.37. The summed E-state index contributed by atoms with van der Waals surface area (Å²) in [5.74, 6) is 0.289. The van der Waals surface area contributed by atoms with Crippen LogP contribution in [0, 0.1) is 12.3 Å². The number of aromatic nitrogens is 1. The van der Waals surface area contributed by atoms with Gasteiger partial charge in [0.05, 0.1) is 10.7 Å². The summed E-state index contributed by atoms with van der Waals surface area (Å²) >= 11 is 1.68. The monoisotopic (exact) mass is 498 g/mol. The number of rotatable bonds is 7. The number of benzene rings is 1. The Morgan fingerprint density at radius 3 is 2.26 bits per heavy atom. The fourth-order valence-electron chi connectivity index (χ4n) is 4.54. The molecule has 0 radical (unpaired) electrons. The maximum absolute atomic E-state index is 12.6. The molecular formula is C26H34N4O4S. The van der Waals surface area contributed by atoms with E-state index in [4.69, 9.17) is 4.74 Å². The molecule has 2 aliphatic heterocycles. The van der Waals surface area contributed by atoms with E-state index in [9.17, 15) is 14.4 Å². The Morgan fingerprint density at radius 1 is 1.00 bits per heavy atom. The SMILES string of the molecule is Cc1nc(CCN2CCN(C(=O)Oc3ccc(CCN4C(=O)CC(C)(C)CC4=O)cc3)CC2)cs1. The van der Waals surface area contributed by atoms with E-state index in [1.165, 1.54) is 4.90 Å². The van der Waals surface area contributed by atoms with Crippen LogP contribution in [-0.4, -0.2) is 76.9 Å². The number of hydrogen-bond donors (Lipinski definition) is 0. The minimum Gasteiger partial charge on any atom is -0.410 e. The molecule has 0 spiro atoms. The molecule has 0 bridgehead atoms. The summed E-state index contributed by atoms with van der Waals surface area (Å²) in [5.41, 5.74) is 1.86. The van der Waals surface area contributed by atoms with Crippen molar-refractivity contribution in [2.45, 2.75) is 46.5 Å². The topological polar surface area (TPSA) is 83.1 Å². The first kappa shape index (κ1) is 25.3. The fraction of sp³-hybridized carbons (Fsp3) is 0.538. The van der Waals surface area contributed by atoms with Gasteiger partial charge in [0.15, 0.2) is 0 Å². The van der Waals surface area contributed by atoms with E-state index >= 15 is 0 Å². The standard InChI is InChI=1S/C26H34N4O4S/c1-19-27-21(18-35-19)9-10-28-12-14-29(15-13-28)25(33)34-22-6-4-20(5-7-22)8-11-30-23(31)16-26(2,3)17-24(30)32/h4-7,18H,8-17H2,1-3H3. The molecule has 8 nitrogen and oxygen atoms in total. The van der Waals surface area contributed by atoms with E-state index in [1.54, 1.807) is 28.4 Å². The number of aryl methyl sites for hydroxylation is 1. The van der Waals surface area contributed by atoms with Crippen molar-refractivity contribution in [2.24, 2.45) is 5.41 Å². The summed E-state index contributed by atoms with van der Waals surface area (Å²) in [5, 5.41) is 3.21. The Balaban J connectivity index is 1.19. The molecule has 35 heavy (non-hydrogen) atoms. The third-order valence-corrected chi connectivity index (χ3v) is 7.42. The Kier molecular flexibility index (Phi) is 7.86. The quantitative estimate of drug-likeness (QED) is 0.543.